The number of benzene rings is 2. The zero-order chi connectivity index (χ0) is 32.1. The monoisotopic (exact) mass is 630 g/mol. The molecule has 2 bridgehead atoms. The predicted octanol–water partition coefficient (Wildman–Crippen LogP) is 9.39. The number of fused-ring (bicyclic) bond motifs is 1. The maximum atomic E-state index is 14.2. The summed E-state index contributed by atoms with van der Waals surface area (Å²) in [5.41, 5.74) is 4.99. The van der Waals surface area contributed by atoms with Crippen molar-refractivity contribution in [3.05, 3.63) is 106 Å². The lowest BCUT2D eigenvalue weighted by Crippen LogP contribution is -2.52. The lowest BCUT2D eigenvalue weighted by molar-refractivity contribution is -0.135. The summed E-state index contributed by atoms with van der Waals surface area (Å²) in [5.74, 6) is 2.24. The van der Waals surface area contributed by atoms with Gasteiger partial charge in [0.1, 0.15) is 17.3 Å². The Morgan fingerprint density at radius 3 is 2.55 bits per heavy atom. The second-order valence-corrected chi connectivity index (χ2v) is 14.8. The van der Waals surface area contributed by atoms with E-state index in [-0.39, 0.29) is 41.4 Å². The van der Waals surface area contributed by atoms with Crippen LogP contribution in [0.1, 0.15) is 95.1 Å². The van der Waals surface area contributed by atoms with E-state index in [1.807, 2.05) is 18.2 Å². The second-order valence-electron chi connectivity index (χ2n) is 14.8. The summed E-state index contributed by atoms with van der Waals surface area (Å²) < 4.78 is 12.5. The molecule has 5 atom stereocenters. The van der Waals surface area contributed by atoms with Crippen molar-refractivity contribution < 1.29 is 24.2 Å². The molecule has 1 N–H and O–H groups in total. The minimum atomic E-state index is -0.723. The molecule has 244 valence electrons. The van der Waals surface area contributed by atoms with Crippen LogP contribution in [0.4, 0.5) is 0 Å². The van der Waals surface area contributed by atoms with Gasteiger partial charge in [0.2, 0.25) is 0 Å². The first-order valence-electron chi connectivity index (χ1n) is 18.2. The fourth-order valence-corrected chi connectivity index (χ4v) is 10.3. The first-order chi connectivity index (χ1) is 23.0. The number of carbonyl (C=O) groups excluding carboxylic acids is 2. The third kappa shape index (κ3) is 5.12. The number of allylic oxidation sites excluding steroid dienone is 5. The number of esters is 2. The average molecular weight is 631 g/mol. The van der Waals surface area contributed by atoms with E-state index in [9.17, 15) is 14.7 Å². The smallest absolute Gasteiger partial charge is 0.340 e. The van der Waals surface area contributed by atoms with Gasteiger partial charge in [-0.25, -0.2) is 9.59 Å². The lowest BCUT2D eigenvalue weighted by Gasteiger charge is -2.56. The zero-order valence-electron chi connectivity index (χ0n) is 27.5. The Balaban J connectivity index is 1.24. The van der Waals surface area contributed by atoms with Crippen molar-refractivity contribution in [1.29, 1.82) is 0 Å². The van der Waals surface area contributed by atoms with E-state index in [0.717, 1.165) is 91.1 Å². The summed E-state index contributed by atoms with van der Waals surface area (Å²) in [7, 11) is 0. The van der Waals surface area contributed by atoms with Gasteiger partial charge >= 0.3 is 11.9 Å². The van der Waals surface area contributed by atoms with E-state index < -0.39 is 5.41 Å². The molecule has 1 saturated heterocycles. The normalized spacial score (nSPS) is 30.8. The Labute approximate surface area is 278 Å². The maximum Gasteiger partial charge on any atom is 0.340 e. The summed E-state index contributed by atoms with van der Waals surface area (Å²) in [6, 6.07) is 17.8. The average Bonchev–Trinajstić information content (AvgIpc) is 3.58. The molecule has 1 spiro atoms. The fourth-order valence-electron chi connectivity index (χ4n) is 10.3. The molecule has 0 amide bonds. The quantitative estimate of drug-likeness (QED) is 0.294. The summed E-state index contributed by atoms with van der Waals surface area (Å²) in [6.07, 6.45) is 18.3. The molecule has 5 nitrogen and oxygen atoms in total. The predicted molar refractivity (Wildman–Crippen MR) is 182 cm³/mol. The van der Waals surface area contributed by atoms with Crippen LogP contribution in [-0.4, -0.2) is 17.0 Å². The number of carbonyl (C=O) groups is 2. The second kappa shape index (κ2) is 12.3. The van der Waals surface area contributed by atoms with Crippen LogP contribution in [-0.2, 0) is 25.5 Å². The Morgan fingerprint density at radius 2 is 1.77 bits per heavy atom. The number of cyclic esters (lactones) is 2. The molecule has 2 heterocycles. The van der Waals surface area contributed by atoms with Gasteiger partial charge < -0.3 is 14.6 Å². The standard InChI is InChI=1S/C42H46O5/c1-2-26(23-28-13-7-4-8-14-28)24-35-42-22-21-31(36(39(42)41(45)47-35)29-16-10-17-30(43)25-29)32-19-20-33-34(46-40(44)37(33)38(32)42)18-9-15-27-11-5-3-6-12-27/h4,7-8,10,13-14,16-18,24-27,31-32,38,43H,2-3,5-6,9,11-12,15,19-23H2,1H3/t26-,31+,32+,38+,42+/m0/s1. The van der Waals surface area contributed by atoms with Crippen LogP contribution in [0.15, 0.2) is 95.0 Å². The van der Waals surface area contributed by atoms with Crippen molar-refractivity contribution in [2.45, 2.75) is 90.4 Å². The van der Waals surface area contributed by atoms with Crippen LogP contribution in [0.3, 0.4) is 0 Å². The number of phenols is 1. The van der Waals surface area contributed by atoms with Crippen LogP contribution >= 0.6 is 0 Å². The molecular weight excluding hydrogens is 584 g/mol. The van der Waals surface area contributed by atoms with Gasteiger partial charge in [0, 0.05) is 17.1 Å². The van der Waals surface area contributed by atoms with Gasteiger partial charge in [-0.05, 0) is 116 Å². The minimum Gasteiger partial charge on any atom is -0.508 e. The number of rotatable bonds is 8. The molecule has 5 aliphatic carbocycles. The van der Waals surface area contributed by atoms with Gasteiger partial charge in [0.05, 0.1) is 11.0 Å². The number of hydrogen-bond acceptors (Lipinski definition) is 5. The highest BCUT2D eigenvalue weighted by Crippen LogP contribution is 2.71. The first kappa shape index (κ1) is 30.5. The van der Waals surface area contributed by atoms with Crippen molar-refractivity contribution in [1.82, 2.24) is 0 Å². The lowest BCUT2D eigenvalue weighted by atomic mass is 9.44. The molecule has 9 rings (SSSR count). The molecule has 2 aromatic carbocycles. The number of ether oxygens (including phenoxy) is 2. The summed E-state index contributed by atoms with van der Waals surface area (Å²) >= 11 is 0. The van der Waals surface area contributed by atoms with Gasteiger partial charge in [-0.1, -0.05) is 81.5 Å². The minimum absolute atomic E-state index is 0.109. The molecular formula is C42H46O5. The maximum absolute atomic E-state index is 14.2. The highest BCUT2D eigenvalue weighted by atomic mass is 16.5. The highest BCUT2D eigenvalue weighted by Gasteiger charge is 2.68. The Kier molecular flexibility index (Phi) is 7.98. The molecule has 0 unspecified atom stereocenters. The SMILES string of the molecule is CC[C@H](C=C1OC(=O)C2=C(c3cccc(O)c3)[C@@H]3CC[C@]12[C@H]1C2=C(CC[C@H]31)C(=CCCC1CCCCC1)OC2=O)Cc1ccccc1. The fraction of sp³-hybridized carbons (Fsp3) is 0.476. The van der Waals surface area contributed by atoms with E-state index in [1.54, 1.807) is 12.1 Å². The Hall–Kier alpha value is -3.86. The third-order valence-electron chi connectivity index (χ3n) is 12.4. The van der Waals surface area contributed by atoms with Gasteiger partial charge in [-0.2, -0.15) is 0 Å². The van der Waals surface area contributed by atoms with Gasteiger partial charge in [0.25, 0.3) is 0 Å². The number of phenolic OH excluding ortho intramolecular Hbond substituents is 1. The van der Waals surface area contributed by atoms with Crippen LogP contribution < -0.4 is 0 Å². The van der Waals surface area contributed by atoms with E-state index in [0.29, 0.717) is 5.57 Å². The van der Waals surface area contributed by atoms with Crippen molar-refractivity contribution in [2.24, 2.45) is 35.0 Å². The van der Waals surface area contributed by atoms with E-state index in [4.69, 9.17) is 9.47 Å². The third-order valence-corrected chi connectivity index (χ3v) is 12.4. The van der Waals surface area contributed by atoms with Crippen LogP contribution in [0.2, 0.25) is 0 Å². The van der Waals surface area contributed by atoms with Crippen LogP contribution in [0.5, 0.6) is 5.75 Å². The van der Waals surface area contributed by atoms with Crippen molar-refractivity contribution in [3.63, 3.8) is 0 Å². The van der Waals surface area contributed by atoms with Gasteiger partial charge in [0.15, 0.2) is 0 Å². The Bertz CT molecular complexity index is 1700. The molecule has 3 fully saturated rings. The summed E-state index contributed by atoms with van der Waals surface area (Å²) in [5, 5.41) is 10.5. The highest BCUT2D eigenvalue weighted by molar-refractivity contribution is 6.06. The zero-order valence-corrected chi connectivity index (χ0v) is 27.5. The van der Waals surface area contributed by atoms with E-state index in [1.165, 1.54) is 37.7 Å². The number of hydrogen-bond donors (Lipinski definition) is 1. The molecule has 0 aromatic heterocycles. The largest absolute Gasteiger partial charge is 0.508 e. The molecule has 2 aromatic rings. The molecule has 2 aliphatic heterocycles. The first-order valence-corrected chi connectivity index (χ1v) is 18.2. The van der Waals surface area contributed by atoms with E-state index >= 15 is 0 Å². The summed E-state index contributed by atoms with van der Waals surface area (Å²) in [6.45, 7) is 2.19. The van der Waals surface area contributed by atoms with E-state index in [2.05, 4.69) is 43.3 Å². The van der Waals surface area contributed by atoms with Gasteiger partial charge in [-0.15, -0.1) is 0 Å². The molecule has 2 saturated carbocycles. The summed E-state index contributed by atoms with van der Waals surface area (Å²) in [4.78, 5) is 28.2. The molecule has 5 heteroatoms. The van der Waals surface area contributed by atoms with Crippen LogP contribution in [0, 0.1) is 35.0 Å². The molecule has 47 heavy (non-hydrogen) atoms. The Morgan fingerprint density at radius 1 is 0.936 bits per heavy atom. The van der Waals surface area contributed by atoms with Crippen molar-refractivity contribution in [2.75, 3.05) is 0 Å². The number of aromatic hydroxyl groups is 1. The van der Waals surface area contributed by atoms with Crippen molar-refractivity contribution >= 4 is 17.5 Å². The molecule has 0 radical (unpaired) electrons. The van der Waals surface area contributed by atoms with Crippen LogP contribution in [0.25, 0.3) is 5.57 Å². The van der Waals surface area contributed by atoms with Crippen molar-refractivity contribution in [3.8, 4) is 5.75 Å². The van der Waals surface area contributed by atoms with Gasteiger partial charge in [-0.3, -0.25) is 0 Å². The topological polar surface area (TPSA) is 72.8 Å². The molecule has 7 aliphatic rings.